The van der Waals surface area contributed by atoms with E-state index in [9.17, 15) is 4.79 Å². The van der Waals surface area contributed by atoms with Gasteiger partial charge in [-0.2, -0.15) is 0 Å². The molecule has 2 fully saturated rings. The number of rotatable bonds is 4. The van der Waals surface area contributed by atoms with Crippen LogP contribution < -0.4 is 10.6 Å². The van der Waals surface area contributed by atoms with Crippen molar-refractivity contribution < 1.29 is 4.79 Å². The molecule has 3 nitrogen and oxygen atoms in total. The summed E-state index contributed by atoms with van der Waals surface area (Å²) in [6.07, 6.45) is 3.66. The van der Waals surface area contributed by atoms with Crippen LogP contribution >= 0.6 is 11.3 Å². The number of carbonyl (C=O) groups is 1. The van der Waals surface area contributed by atoms with Crippen molar-refractivity contribution in [2.24, 2.45) is 11.3 Å². The summed E-state index contributed by atoms with van der Waals surface area (Å²) < 4.78 is 0. The van der Waals surface area contributed by atoms with Crippen LogP contribution in [-0.4, -0.2) is 18.9 Å². The molecule has 3 rings (SSSR count). The smallest absolute Gasteiger partial charge is 0.177 e. The lowest BCUT2D eigenvalue weighted by atomic mass is 9.93. The van der Waals surface area contributed by atoms with Crippen LogP contribution in [0.15, 0.2) is 0 Å². The van der Waals surface area contributed by atoms with E-state index in [0.29, 0.717) is 11.3 Å². The molecule has 0 unspecified atom stereocenters. The number of anilines is 2. The molecule has 0 bridgehead atoms. The summed E-state index contributed by atoms with van der Waals surface area (Å²) in [5.41, 5.74) is 8.80. The molecular formula is C17H26N2OS. The molecule has 0 spiro atoms. The highest BCUT2D eigenvalue weighted by Gasteiger charge is 2.38. The number of ketones is 1. The standard InChI is InChI=1S/C17H26N2OS/c1-10(2)14(20)15-13(18)12(11-5-6-11)16(21-15)19-8-7-17(3,4)9-19/h10-11H,5-9,18H2,1-4H3. The third-order valence-corrected chi connectivity index (χ3v) is 5.96. The Kier molecular flexibility index (Phi) is 3.55. The quantitative estimate of drug-likeness (QED) is 0.844. The second-order valence-electron chi connectivity index (χ2n) is 7.69. The molecule has 0 aromatic carbocycles. The molecule has 1 saturated heterocycles. The number of carbonyl (C=O) groups excluding carboxylic acids is 1. The molecule has 2 aliphatic rings. The van der Waals surface area contributed by atoms with Gasteiger partial charge in [0.1, 0.15) is 0 Å². The number of nitrogen functional groups attached to an aromatic ring is 1. The largest absolute Gasteiger partial charge is 0.397 e. The van der Waals surface area contributed by atoms with Crippen molar-refractivity contribution in [3.8, 4) is 0 Å². The van der Waals surface area contributed by atoms with Crippen LogP contribution in [0, 0.1) is 11.3 Å². The Morgan fingerprint density at radius 3 is 2.52 bits per heavy atom. The van der Waals surface area contributed by atoms with Crippen LogP contribution in [0.2, 0.25) is 0 Å². The van der Waals surface area contributed by atoms with Gasteiger partial charge in [0.15, 0.2) is 5.78 Å². The molecule has 4 heteroatoms. The van der Waals surface area contributed by atoms with Gasteiger partial charge in [-0.15, -0.1) is 11.3 Å². The molecule has 1 aromatic heterocycles. The molecule has 1 aliphatic carbocycles. The Balaban J connectivity index is 2.00. The molecule has 21 heavy (non-hydrogen) atoms. The van der Waals surface area contributed by atoms with Crippen molar-refractivity contribution in [2.75, 3.05) is 23.7 Å². The molecule has 0 atom stereocenters. The maximum Gasteiger partial charge on any atom is 0.177 e. The van der Waals surface area contributed by atoms with Gasteiger partial charge in [0.05, 0.1) is 15.6 Å². The maximum absolute atomic E-state index is 12.4. The van der Waals surface area contributed by atoms with Crippen molar-refractivity contribution in [3.63, 3.8) is 0 Å². The topological polar surface area (TPSA) is 46.3 Å². The highest BCUT2D eigenvalue weighted by atomic mass is 32.1. The van der Waals surface area contributed by atoms with Crippen LogP contribution in [0.3, 0.4) is 0 Å². The second kappa shape index (κ2) is 5.01. The lowest BCUT2D eigenvalue weighted by molar-refractivity contribution is 0.0944. The normalized spacial score (nSPS) is 21.3. The molecule has 1 aromatic rings. The summed E-state index contributed by atoms with van der Waals surface area (Å²) in [6.45, 7) is 10.7. The third kappa shape index (κ3) is 2.70. The number of nitrogens with zero attached hydrogens (tertiary/aromatic N) is 1. The number of thiophene rings is 1. The number of hydrogen-bond acceptors (Lipinski definition) is 4. The van der Waals surface area contributed by atoms with Crippen LogP contribution in [0.25, 0.3) is 0 Å². The van der Waals surface area contributed by atoms with Crippen LogP contribution in [-0.2, 0) is 0 Å². The molecule has 0 amide bonds. The Hall–Kier alpha value is -1.03. The van der Waals surface area contributed by atoms with Gasteiger partial charge in [-0.05, 0) is 30.6 Å². The van der Waals surface area contributed by atoms with Crippen molar-refractivity contribution in [3.05, 3.63) is 10.4 Å². The summed E-state index contributed by atoms with van der Waals surface area (Å²) in [7, 11) is 0. The average molecular weight is 306 g/mol. The van der Waals surface area contributed by atoms with Gasteiger partial charge in [-0.1, -0.05) is 27.7 Å². The Bertz CT molecular complexity index is 570. The van der Waals surface area contributed by atoms with Crippen molar-refractivity contribution in [2.45, 2.75) is 52.9 Å². The lowest BCUT2D eigenvalue weighted by Gasteiger charge is -2.21. The molecule has 2 heterocycles. The Morgan fingerprint density at radius 2 is 2.05 bits per heavy atom. The van der Waals surface area contributed by atoms with Crippen molar-refractivity contribution in [1.82, 2.24) is 0 Å². The third-order valence-electron chi connectivity index (χ3n) is 4.66. The van der Waals surface area contributed by atoms with Crippen LogP contribution in [0.1, 0.15) is 68.1 Å². The van der Waals surface area contributed by atoms with Gasteiger partial charge in [0.25, 0.3) is 0 Å². The zero-order valence-electron chi connectivity index (χ0n) is 13.5. The monoisotopic (exact) mass is 306 g/mol. The van der Waals surface area contributed by atoms with E-state index >= 15 is 0 Å². The van der Waals surface area contributed by atoms with Gasteiger partial charge >= 0.3 is 0 Å². The first-order valence-corrected chi connectivity index (χ1v) is 8.83. The van der Waals surface area contributed by atoms with E-state index in [-0.39, 0.29) is 11.7 Å². The maximum atomic E-state index is 12.4. The van der Waals surface area contributed by atoms with E-state index in [1.807, 2.05) is 13.8 Å². The van der Waals surface area contributed by atoms with E-state index in [1.54, 1.807) is 11.3 Å². The molecular weight excluding hydrogens is 280 g/mol. The van der Waals surface area contributed by atoms with E-state index in [0.717, 1.165) is 23.7 Å². The SMILES string of the molecule is CC(C)C(=O)c1sc(N2CCC(C)(C)C2)c(C2CC2)c1N. The first-order valence-electron chi connectivity index (χ1n) is 8.01. The van der Waals surface area contributed by atoms with Crippen LogP contribution in [0.5, 0.6) is 0 Å². The fraction of sp³-hybridized carbons (Fsp3) is 0.706. The van der Waals surface area contributed by atoms with Crippen LogP contribution in [0.4, 0.5) is 10.7 Å². The molecule has 0 radical (unpaired) electrons. The van der Waals surface area contributed by atoms with E-state index in [1.165, 1.54) is 29.8 Å². The molecule has 1 aliphatic heterocycles. The first-order chi connectivity index (χ1) is 9.80. The van der Waals surface area contributed by atoms with Gasteiger partial charge < -0.3 is 10.6 Å². The minimum atomic E-state index is 0.0147. The summed E-state index contributed by atoms with van der Waals surface area (Å²) in [6, 6.07) is 0. The fourth-order valence-electron chi connectivity index (χ4n) is 3.18. The Labute approximate surface area is 131 Å². The minimum Gasteiger partial charge on any atom is -0.397 e. The number of Topliss-reactive ketones (excluding diaryl/α,β-unsaturated/α-hetero) is 1. The summed E-state index contributed by atoms with van der Waals surface area (Å²) in [5.74, 6) is 0.804. The lowest BCUT2D eigenvalue weighted by Crippen LogP contribution is -2.22. The summed E-state index contributed by atoms with van der Waals surface area (Å²) in [4.78, 5) is 15.7. The molecule has 2 N–H and O–H groups in total. The first kappa shape index (κ1) is 14.9. The average Bonchev–Trinajstić information content (AvgIpc) is 3.08. The van der Waals surface area contributed by atoms with Crippen molar-refractivity contribution in [1.29, 1.82) is 0 Å². The summed E-state index contributed by atoms with van der Waals surface area (Å²) >= 11 is 1.64. The van der Waals surface area contributed by atoms with E-state index in [4.69, 9.17) is 5.73 Å². The highest BCUT2D eigenvalue weighted by molar-refractivity contribution is 7.19. The highest BCUT2D eigenvalue weighted by Crippen LogP contribution is 2.53. The van der Waals surface area contributed by atoms with Crippen molar-refractivity contribution >= 4 is 27.8 Å². The van der Waals surface area contributed by atoms with E-state index < -0.39 is 0 Å². The fourth-order valence-corrected chi connectivity index (χ4v) is 4.60. The van der Waals surface area contributed by atoms with Gasteiger partial charge in [-0.3, -0.25) is 4.79 Å². The zero-order chi connectivity index (χ0) is 15.4. The van der Waals surface area contributed by atoms with Gasteiger partial charge in [0.2, 0.25) is 0 Å². The number of nitrogens with two attached hydrogens (primary N) is 1. The summed E-state index contributed by atoms with van der Waals surface area (Å²) in [5, 5.41) is 1.28. The minimum absolute atomic E-state index is 0.0147. The van der Waals surface area contributed by atoms with Gasteiger partial charge in [0, 0.05) is 24.6 Å². The Morgan fingerprint density at radius 1 is 1.38 bits per heavy atom. The predicted octanol–water partition coefficient (Wildman–Crippen LogP) is 4.28. The second-order valence-corrected chi connectivity index (χ2v) is 8.69. The number of hydrogen-bond donors (Lipinski definition) is 1. The van der Waals surface area contributed by atoms with E-state index in [2.05, 4.69) is 18.7 Å². The van der Waals surface area contributed by atoms with Gasteiger partial charge in [-0.25, -0.2) is 0 Å². The molecule has 116 valence electrons. The zero-order valence-corrected chi connectivity index (χ0v) is 14.3. The predicted molar refractivity (Wildman–Crippen MR) is 90.5 cm³/mol. The molecule has 1 saturated carbocycles.